The van der Waals surface area contributed by atoms with E-state index in [0.717, 1.165) is 76.8 Å². The molecule has 1 aliphatic heterocycles. The molecule has 0 saturated carbocycles. The van der Waals surface area contributed by atoms with Crippen molar-refractivity contribution in [3.05, 3.63) is 78.0 Å². The molecule has 0 radical (unpaired) electrons. The number of hydrogen-bond acceptors (Lipinski definition) is 6. The van der Waals surface area contributed by atoms with Gasteiger partial charge >= 0.3 is 6.36 Å². The van der Waals surface area contributed by atoms with Gasteiger partial charge in [0.05, 0.1) is 28.4 Å². The molecule has 3 aromatic heterocycles. The summed E-state index contributed by atoms with van der Waals surface area (Å²) in [6, 6.07) is 17.4. The Hall–Kier alpha value is -4.85. The number of halogens is 3. The molecule has 1 saturated heterocycles. The van der Waals surface area contributed by atoms with Crippen LogP contribution in [0.5, 0.6) is 5.75 Å². The van der Waals surface area contributed by atoms with Crippen molar-refractivity contribution in [2.45, 2.75) is 32.0 Å². The lowest BCUT2D eigenvalue weighted by atomic mass is 9.96. The van der Waals surface area contributed by atoms with E-state index >= 15 is 0 Å². The molecule has 2 aromatic carbocycles. The highest BCUT2D eigenvalue weighted by Gasteiger charge is 2.31. The molecule has 2 N–H and O–H groups in total. The lowest BCUT2D eigenvalue weighted by Crippen LogP contribution is -2.33. The van der Waals surface area contributed by atoms with E-state index in [4.69, 9.17) is 10.2 Å². The molecule has 0 atom stereocenters. The Labute approximate surface area is 227 Å². The van der Waals surface area contributed by atoms with Crippen molar-refractivity contribution in [3.63, 3.8) is 0 Å². The summed E-state index contributed by atoms with van der Waals surface area (Å²) in [6.07, 6.45) is -1.43. The van der Waals surface area contributed by atoms with Gasteiger partial charge < -0.3 is 19.6 Å². The highest BCUT2D eigenvalue weighted by Crippen LogP contribution is 2.35. The molecular weight excluding hydrogens is 519 g/mol. The van der Waals surface area contributed by atoms with Crippen molar-refractivity contribution in [2.75, 3.05) is 18.0 Å². The van der Waals surface area contributed by atoms with Crippen LogP contribution in [0.2, 0.25) is 0 Å². The fraction of sp³-hybridized carbons (Fsp3) is 0.241. The molecule has 0 spiro atoms. The third-order valence-corrected chi connectivity index (χ3v) is 7.19. The zero-order valence-corrected chi connectivity index (χ0v) is 21.5. The van der Waals surface area contributed by atoms with E-state index in [-0.39, 0.29) is 11.7 Å². The molecule has 4 heterocycles. The molecule has 6 rings (SSSR count). The summed E-state index contributed by atoms with van der Waals surface area (Å²) in [7, 11) is 0. The summed E-state index contributed by atoms with van der Waals surface area (Å²) in [5, 5.41) is 10.0. The first-order valence-corrected chi connectivity index (χ1v) is 12.8. The number of nitrogens with one attached hydrogen (secondary N) is 2. The van der Waals surface area contributed by atoms with Crippen molar-refractivity contribution in [3.8, 4) is 34.3 Å². The number of imidazole rings is 1. The topological polar surface area (TPSA) is 107 Å². The molecule has 202 valence electrons. The number of benzene rings is 2. The third kappa shape index (κ3) is 5.08. The van der Waals surface area contributed by atoms with Gasteiger partial charge in [0, 0.05) is 30.3 Å². The van der Waals surface area contributed by atoms with Crippen LogP contribution in [-0.4, -0.2) is 44.4 Å². The number of aromatic amines is 2. The van der Waals surface area contributed by atoms with Crippen LogP contribution in [0.4, 0.5) is 19.0 Å². The van der Waals surface area contributed by atoms with Crippen LogP contribution >= 0.6 is 0 Å². The number of hydrogen-bond donors (Lipinski definition) is 2. The molecule has 11 heteroatoms. The fourth-order valence-corrected chi connectivity index (χ4v) is 5.20. The van der Waals surface area contributed by atoms with Crippen LogP contribution in [0.3, 0.4) is 0 Å². The molecule has 1 fully saturated rings. The van der Waals surface area contributed by atoms with Crippen molar-refractivity contribution in [1.29, 1.82) is 5.26 Å². The maximum Gasteiger partial charge on any atom is 0.573 e. The van der Waals surface area contributed by atoms with Crippen LogP contribution < -0.4 is 9.64 Å². The van der Waals surface area contributed by atoms with Gasteiger partial charge in [-0.2, -0.15) is 5.26 Å². The van der Waals surface area contributed by atoms with E-state index < -0.39 is 6.36 Å². The Morgan fingerprint density at radius 3 is 2.35 bits per heavy atom. The number of fused-ring (bicyclic) bond motifs is 1. The highest BCUT2D eigenvalue weighted by molar-refractivity contribution is 5.92. The third-order valence-electron chi connectivity index (χ3n) is 7.19. The summed E-state index contributed by atoms with van der Waals surface area (Å²) in [4.78, 5) is 22.8. The van der Waals surface area contributed by atoms with E-state index in [1.165, 1.54) is 12.1 Å². The average molecular weight is 544 g/mol. The van der Waals surface area contributed by atoms with Gasteiger partial charge in [-0.25, -0.2) is 15.0 Å². The molecule has 0 unspecified atom stereocenters. The Morgan fingerprint density at radius 2 is 1.68 bits per heavy atom. The first kappa shape index (κ1) is 25.4. The molecule has 0 aliphatic carbocycles. The molecule has 0 amide bonds. The number of piperidine rings is 1. The SMILES string of the molecule is Cc1nc(C2CCN(c3ncnc4[nH]c(-c5ccc(C#N)cc5)cc34)CC2)[nH]c1-c1ccc(OC(F)(F)F)cc1. The minimum absolute atomic E-state index is 0.217. The predicted molar refractivity (Wildman–Crippen MR) is 144 cm³/mol. The fourth-order valence-electron chi connectivity index (χ4n) is 5.20. The lowest BCUT2D eigenvalue weighted by Gasteiger charge is -2.32. The monoisotopic (exact) mass is 543 g/mol. The number of anilines is 1. The summed E-state index contributed by atoms with van der Waals surface area (Å²) in [5.74, 6) is 1.71. The van der Waals surface area contributed by atoms with Gasteiger partial charge in [-0.05, 0) is 67.8 Å². The van der Waals surface area contributed by atoms with Crippen molar-refractivity contribution in [1.82, 2.24) is 24.9 Å². The number of aryl methyl sites for hydroxylation is 1. The normalized spacial score (nSPS) is 14.4. The number of rotatable bonds is 5. The summed E-state index contributed by atoms with van der Waals surface area (Å²) in [5.41, 5.74) is 5.57. The second-order valence-corrected chi connectivity index (χ2v) is 9.75. The van der Waals surface area contributed by atoms with E-state index in [0.29, 0.717) is 5.56 Å². The van der Waals surface area contributed by atoms with Crippen LogP contribution in [0.15, 0.2) is 60.9 Å². The first-order valence-electron chi connectivity index (χ1n) is 12.8. The zero-order chi connectivity index (χ0) is 27.9. The quantitative estimate of drug-likeness (QED) is 0.263. The molecule has 0 bridgehead atoms. The Morgan fingerprint density at radius 1 is 0.975 bits per heavy atom. The van der Waals surface area contributed by atoms with Crippen LogP contribution in [0.1, 0.15) is 35.8 Å². The van der Waals surface area contributed by atoms with Crippen LogP contribution in [-0.2, 0) is 0 Å². The van der Waals surface area contributed by atoms with Gasteiger partial charge in [-0.1, -0.05) is 12.1 Å². The van der Waals surface area contributed by atoms with Crippen molar-refractivity contribution >= 4 is 16.9 Å². The number of alkyl halides is 3. The largest absolute Gasteiger partial charge is 0.573 e. The van der Waals surface area contributed by atoms with Gasteiger partial charge in [-0.15, -0.1) is 13.2 Å². The maximum atomic E-state index is 12.5. The minimum Gasteiger partial charge on any atom is -0.406 e. The second-order valence-electron chi connectivity index (χ2n) is 9.75. The average Bonchev–Trinajstić information content (AvgIpc) is 3.57. The van der Waals surface area contributed by atoms with Gasteiger partial charge in [0.2, 0.25) is 0 Å². The smallest absolute Gasteiger partial charge is 0.406 e. The molecule has 5 aromatic rings. The van der Waals surface area contributed by atoms with E-state index in [9.17, 15) is 13.2 Å². The number of H-pyrrole nitrogens is 2. The zero-order valence-electron chi connectivity index (χ0n) is 21.5. The Balaban J connectivity index is 1.16. The molecule has 8 nitrogen and oxygen atoms in total. The maximum absolute atomic E-state index is 12.5. The number of aromatic nitrogens is 5. The molecule has 40 heavy (non-hydrogen) atoms. The number of nitriles is 1. The van der Waals surface area contributed by atoms with Crippen LogP contribution in [0, 0.1) is 18.3 Å². The summed E-state index contributed by atoms with van der Waals surface area (Å²) < 4.78 is 41.4. The van der Waals surface area contributed by atoms with Gasteiger partial charge in [0.1, 0.15) is 29.4 Å². The van der Waals surface area contributed by atoms with Crippen molar-refractivity contribution < 1.29 is 17.9 Å². The molecule has 1 aliphatic rings. The Bertz CT molecular complexity index is 1690. The lowest BCUT2D eigenvalue weighted by molar-refractivity contribution is -0.274. The minimum atomic E-state index is -4.72. The van der Waals surface area contributed by atoms with Gasteiger partial charge in [0.25, 0.3) is 0 Å². The van der Waals surface area contributed by atoms with Crippen LogP contribution in [0.25, 0.3) is 33.5 Å². The van der Waals surface area contributed by atoms with Gasteiger partial charge in [0.15, 0.2) is 0 Å². The van der Waals surface area contributed by atoms with Crippen molar-refractivity contribution in [2.24, 2.45) is 0 Å². The highest BCUT2D eigenvalue weighted by atomic mass is 19.4. The molecular formula is C29H24F3N7O. The predicted octanol–water partition coefficient (Wildman–Crippen LogP) is 6.48. The van der Waals surface area contributed by atoms with Gasteiger partial charge in [-0.3, -0.25) is 0 Å². The van der Waals surface area contributed by atoms with E-state index in [2.05, 4.69) is 35.6 Å². The number of nitrogens with zero attached hydrogens (tertiary/aromatic N) is 5. The Kier molecular flexibility index (Phi) is 6.38. The second kappa shape index (κ2) is 10.0. The standard InChI is InChI=1S/C29H24F3N7O/c1-17-25(20-6-8-22(9-7-20)40-29(30,31)32)38-26(36-17)21-10-12-39(13-11-21)28-23-14-24(37-27(23)34-16-35-28)19-4-2-18(15-33)3-5-19/h2-9,14,16,21H,10-13H2,1H3,(H,36,38)(H,34,35,37). The van der Waals surface area contributed by atoms with E-state index in [1.54, 1.807) is 30.6 Å². The first-order chi connectivity index (χ1) is 19.3. The summed E-state index contributed by atoms with van der Waals surface area (Å²) in [6.45, 7) is 3.46. The van der Waals surface area contributed by atoms with E-state index in [1.807, 2.05) is 25.1 Å². The number of ether oxygens (including phenoxy) is 1. The summed E-state index contributed by atoms with van der Waals surface area (Å²) >= 11 is 0.